The zero-order valence-corrected chi connectivity index (χ0v) is 15.4. The quantitative estimate of drug-likeness (QED) is 0.683. The summed E-state index contributed by atoms with van der Waals surface area (Å²) >= 11 is 1.25. The van der Waals surface area contributed by atoms with Gasteiger partial charge >= 0.3 is 5.69 Å². The molecule has 1 saturated heterocycles. The molecule has 0 radical (unpaired) electrons. The van der Waals surface area contributed by atoms with Crippen LogP contribution in [0, 0.1) is 0 Å². The molecular formula is C18H19N3O5S. The Morgan fingerprint density at radius 2 is 2.19 bits per heavy atom. The van der Waals surface area contributed by atoms with E-state index in [0.717, 1.165) is 17.4 Å². The molecule has 9 heteroatoms. The van der Waals surface area contributed by atoms with Gasteiger partial charge in [-0.15, -0.1) is 11.3 Å². The van der Waals surface area contributed by atoms with Crippen LogP contribution in [0.2, 0.25) is 0 Å². The Kier molecular flexibility index (Phi) is 4.95. The Bertz CT molecular complexity index is 1060. The third kappa shape index (κ3) is 3.60. The summed E-state index contributed by atoms with van der Waals surface area (Å²) in [6, 6.07) is 5.08. The first-order valence-electron chi connectivity index (χ1n) is 8.75. The van der Waals surface area contributed by atoms with Gasteiger partial charge in [0.15, 0.2) is 0 Å². The number of rotatable bonds is 6. The van der Waals surface area contributed by atoms with Crippen molar-refractivity contribution in [2.75, 3.05) is 13.2 Å². The standard InChI is InChI=1S/C18H19N3O5S/c22-15(19-9-12-3-1-6-25-12)11-20-14-5-8-27-16(14)17(23)21(18(20)24)10-13-4-2-7-26-13/h2,4-5,7-8,12H,1,3,6,9-11H2,(H,19,22). The van der Waals surface area contributed by atoms with Crippen molar-refractivity contribution in [2.24, 2.45) is 0 Å². The lowest BCUT2D eigenvalue weighted by molar-refractivity contribution is -0.122. The number of aromatic nitrogens is 2. The molecule has 1 atom stereocenters. The molecule has 0 aliphatic carbocycles. The normalized spacial score (nSPS) is 16.8. The third-order valence-electron chi connectivity index (χ3n) is 4.58. The molecule has 0 saturated carbocycles. The zero-order valence-electron chi connectivity index (χ0n) is 14.6. The number of amides is 1. The second-order valence-electron chi connectivity index (χ2n) is 6.41. The van der Waals surface area contributed by atoms with Crippen molar-refractivity contribution in [3.8, 4) is 0 Å². The van der Waals surface area contributed by atoms with Gasteiger partial charge < -0.3 is 14.5 Å². The maximum Gasteiger partial charge on any atom is 0.332 e. The molecule has 4 rings (SSSR count). The minimum atomic E-state index is -0.533. The number of fused-ring (bicyclic) bond motifs is 1. The van der Waals surface area contributed by atoms with E-state index >= 15 is 0 Å². The van der Waals surface area contributed by atoms with E-state index in [4.69, 9.17) is 9.15 Å². The van der Waals surface area contributed by atoms with E-state index in [-0.39, 0.29) is 30.7 Å². The van der Waals surface area contributed by atoms with Gasteiger partial charge in [0.2, 0.25) is 5.91 Å². The highest BCUT2D eigenvalue weighted by Gasteiger charge is 2.19. The van der Waals surface area contributed by atoms with Crippen molar-refractivity contribution >= 4 is 27.5 Å². The van der Waals surface area contributed by atoms with Crippen LogP contribution < -0.4 is 16.6 Å². The molecule has 0 spiro atoms. The van der Waals surface area contributed by atoms with Gasteiger partial charge in [0.05, 0.1) is 24.4 Å². The van der Waals surface area contributed by atoms with Gasteiger partial charge in [0.25, 0.3) is 5.56 Å². The molecule has 3 aromatic rings. The van der Waals surface area contributed by atoms with Gasteiger partial charge in [-0.05, 0) is 36.4 Å². The molecule has 8 nitrogen and oxygen atoms in total. The average Bonchev–Trinajstić information content (AvgIpc) is 3.42. The molecule has 1 N–H and O–H groups in total. The fraction of sp³-hybridized carbons (Fsp3) is 0.389. The summed E-state index contributed by atoms with van der Waals surface area (Å²) in [7, 11) is 0. The molecule has 27 heavy (non-hydrogen) atoms. The Morgan fingerprint density at radius 3 is 2.93 bits per heavy atom. The molecule has 3 aromatic heterocycles. The van der Waals surface area contributed by atoms with Gasteiger partial charge in [-0.2, -0.15) is 0 Å². The monoisotopic (exact) mass is 389 g/mol. The maximum atomic E-state index is 12.9. The first-order valence-corrected chi connectivity index (χ1v) is 9.63. The van der Waals surface area contributed by atoms with E-state index in [9.17, 15) is 14.4 Å². The average molecular weight is 389 g/mol. The van der Waals surface area contributed by atoms with Crippen LogP contribution in [0.25, 0.3) is 10.2 Å². The summed E-state index contributed by atoms with van der Waals surface area (Å²) < 4.78 is 13.6. The van der Waals surface area contributed by atoms with Crippen molar-refractivity contribution in [3.63, 3.8) is 0 Å². The minimum absolute atomic E-state index is 0.0238. The largest absolute Gasteiger partial charge is 0.467 e. The maximum absolute atomic E-state index is 12.9. The molecule has 0 aromatic carbocycles. The van der Waals surface area contributed by atoms with Crippen LogP contribution in [0.3, 0.4) is 0 Å². The summed E-state index contributed by atoms with van der Waals surface area (Å²) in [4.78, 5) is 38.0. The van der Waals surface area contributed by atoms with Crippen LogP contribution in [-0.2, 0) is 22.6 Å². The Labute approximate surface area is 158 Å². The molecule has 142 valence electrons. The zero-order chi connectivity index (χ0) is 18.8. The van der Waals surface area contributed by atoms with Crippen LogP contribution in [0.4, 0.5) is 0 Å². The van der Waals surface area contributed by atoms with E-state index in [0.29, 0.717) is 29.1 Å². The van der Waals surface area contributed by atoms with Crippen molar-refractivity contribution in [2.45, 2.75) is 32.0 Å². The summed E-state index contributed by atoms with van der Waals surface area (Å²) in [5.41, 5.74) is -0.440. The third-order valence-corrected chi connectivity index (χ3v) is 5.47. The first kappa shape index (κ1) is 17.7. The van der Waals surface area contributed by atoms with Crippen LogP contribution in [-0.4, -0.2) is 34.3 Å². The molecule has 1 unspecified atom stereocenters. The van der Waals surface area contributed by atoms with Gasteiger partial charge in [0.1, 0.15) is 17.0 Å². The van der Waals surface area contributed by atoms with E-state index < -0.39 is 5.69 Å². The van der Waals surface area contributed by atoms with Gasteiger partial charge in [-0.25, -0.2) is 4.79 Å². The van der Waals surface area contributed by atoms with E-state index in [1.165, 1.54) is 22.2 Å². The van der Waals surface area contributed by atoms with Crippen molar-refractivity contribution in [1.29, 1.82) is 0 Å². The van der Waals surface area contributed by atoms with Crippen molar-refractivity contribution < 1.29 is 13.9 Å². The lowest BCUT2D eigenvalue weighted by Gasteiger charge is -2.13. The van der Waals surface area contributed by atoms with Gasteiger partial charge in [0, 0.05) is 13.2 Å². The summed E-state index contributed by atoms with van der Waals surface area (Å²) in [5, 5.41) is 4.55. The highest BCUT2D eigenvalue weighted by molar-refractivity contribution is 7.17. The molecule has 1 aliphatic rings. The number of hydrogen-bond acceptors (Lipinski definition) is 6. The van der Waals surface area contributed by atoms with E-state index in [1.54, 1.807) is 23.6 Å². The second kappa shape index (κ2) is 7.53. The predicted molar refractivity (Wildman–Crippen MR) is 100 cm³/mol. The summed E-state index contributed by atoms with van der Waals surface area (Å²) in [5.74, 6) is 0.211. The number of furan rings is 1. The number of ether oxygens (including phenoxy) is 1. The SMILES string of the molecule is O=C(Cn1c(=O)n(Cc2ccco2)c(=O)c2sccc21)NCC1CCCO1. The number of nitrogens with one attached hydrogen (secondary N) is 1. The van der Waals surface area contributed by atoms with Crippen LogP contribution in [0.15, 0.2) is 43.8 Å². The van der Waals surface area contributed by atoms with Crippen molar-refractivity contribution in [1.82, 2.24) is 14.5 Å². The van der Waals surface area contributed by atoms with Crippen LogP contribution in [0.5, 0.6) is 0 Å². The Balaban J connectivity index is 1.63. The first-order chi connectivity index (χ1) is 13.1. The fourth-order valence-corrected chi connectivity index (χ4v) is 4.06. The summed E-state index contributed by atoms with van der Waals surface area (Å²) in [6.07, 6.45) is 3.43. The number of thiophene rings is 1. The molecular weight excluding hydrogens is 370 g/mol. The Hall–Kier alpha value is -2.65. The van der Waals surface area contributed by atoms with Gasteiger partial charge in [-0.1, -0.05) is 0 Å². The molecule has 0 bridgehead atoms. The number of carbonyl (C=O) groups excluding carboxylic acids is 1. The number of carbonyl (C=O) groups is 1. The number of nitrogens with zero attached hydrogens (tertiary/aromatic N) is 2. The highest BCUT2D eigenvalue weighted by atomic mass is 32.1. The van der Waals surface area contributed by atoms with Gasteiger partial charge in [-0.3, -0.25) is 18.7 Å². The van der Waals surface area contributed by atoms with Crippen LogP contribution in [0.1, 0.15) is 18.6 Å². The lowest BCUT2D eigenvalue weighted by Crippen LogP contribution is -2.43. The van der Waals surface area contributed by atoms with Crippen LogP contribution >= 0.6 is 11.3 Å². The predicted octanol–water partition coefficient (Wildman–Crippen LogP) is 1.16. The van der Waals surface area contributed by atoms with E-state index in [2.05, 4.69) is 5.32 Å². The highest BCUT2D eigenvalue weighted by Crippen LogP contribution is 2.16. The van der Waals surface area contributed by atoms with Crippen molar-refractivity contribution in [3.05, 3.63) is 56.4 Å². The fourth-order valence-electron chi connectivity index (χ4n) is 3.22. The Morgan fingerprint density at radius 1 is 1.30 bits per heavy atom. The lowest BCUT2D eigenvalue weighted by atomic mass is 10.2. The number of hydrogen-bond donors (Lipinski definition) is 1. The summed E-state index contributed by atoms with van der Waals surface area (Å²) in [6.45, 7) is 1.01. The molecule has 1 amide bonds. The second-order valence-corrected chi connectivity index (χ2v) is 7.33. The van der Waals surface area contributed by atoms with E-state index in [1.807, 2.05) is 0 Å². The smallest absolute Gasteiger partial charge is 0.332 e. The minimum Gasteiger partial charge on any atom is -0.467 e. The topological polar surface area (TPSA) is 95.5 Å². The molecule has 4 heterocycles. The molecule has 1 fully saturated rings. The molecule has 1 aliphatic heterocycles.